The number of rotatable bonds is 4. The Balaban J connectivity index is 1.72. The van der Waals surface area contributed by atoms with E-state index in [2.05, 4.69) is 10.3 Å². The molecule has 3 rings (SSSR count). The van der Waals surface area contributed by atoms with Crippen LogP contribution < -0.4 is 5.32 Å². The molecule has 1 heterocycles. The number of H-pyrrole nitrogens is 1. The van der Waals surface area contributed by atoms with Crippen molar-refractivity contribution in [2.75, 3.05) is 6.54 Å². The first-order valence-corrected chi connectivity index (χ1v) is 7.34. The number of carbonyl (C=O) groups is 1. The van der Waals surface area contributed by atoms with Crippen molar-refractivity contribution in [2.24, 2.45) is 0 Å². The van der Waals surface area contributed by atoms with E-state index in [0.717, 1.165) is 11.1 Å². The summed E-state index contributed by atoms with van der Waals surface area (Å²) in [5, 5.41) is 13.0. The van der Waals surface area contributed by atoms with Crippen LogP contribution in [0, 0.1) is 12.7 Å². The monoisotopic (exact) mass is 312 g/mol. The highest BCUT2D eigenvalue weighted by molar-refractivity contribution is 6.06. The van der Waals surface area contributed by atoms with Crippen LogP contribution in [0.3, 0.4) is 0 Å². The summed E-state index contributed by atoms with van der Waals surface area (Å²) in [6, 6.07) is 12.0. The zero-order valence-electron chi connectivity index (χ0n) is 12.6. The molecule has 0 aliphatic carbocycles. The summed E-state index contributed by atoms with van der Waals surface area (Å²) in [5.41, 5.74) is 2.61. The maximum Gasteiger partial charge on any atom is 0.253 e. The van der Waals surface area contributed by atoms with Crippen LogP contribution in [0.15, 0.2) is 48.7 Å². The third-order valence-electron chi connectivity index (χ3n) is 3.82. The topological polar surface area (TPSA) is 65.1 Å². The van der Waals surface area contributed by atoms with Crippen molar-refractivity contribution in [1.29, 1.82) is 0 Å². The highest BCUT2D eigenvalue weighted by atomic mass is 19.1. The van der Waals surface area contributed by atoms with Gasteiger partial charge in [-0.05, 0) is 24.6 Å². The first-order valence-electron chi connectivity index (χ1n) is 7.34. The van der Waals surface area contributed by atoms with Crippen molar-refractivity contribution < 1.29 is 14.3 Å². The average molecular weight is 312 g/mol. The summed E-state index contributed by atoms with van der Waals surface area (Å²) < 4.78 is 13.9. The number of carbonyl (C=O) groups excluding carboxylic acids is 1. The molecule has 118 valence electrons. The van der Waals surface area contributed by atoms with Gasteiger partial charge in [0, 0.05) is 23.6 Å². The molecule has 5 heteroatoms. The fourth-order valence-electron chi connectivity index (χ4n) is 2.51. The van der Waals surface area contributed by atoms with Gasteiger partial charge in [0.05, 0.1) is 11.7 Å². The van der Waals surface area contributed by atoms with Crippen LogP contribution in [0.1, 0.15) is 27.6 Å². The fourth-order valence-corrected chi connectivity index (χ4v) is 2.51. The van der Waals surface area contributed by atoms with Crippen LogP contribution in [0.5, 0.6) is 0 Å². The van der Waals surface area contributed by atoms with Crippen molar-refractivity contribution in [2.45, 2.75) is 13.0 Å². The Morgan fingerprint density at radius 3 is 2.74 bits per heavy atom. The predicted molar refractivity (Wildman–Crippen MR) is 86.7 cm³/mol. The standard InChI is InChI=1S/C18H17FN2O2/c1-11-5-7-12(8-6-11)16(22)10-21-18(23)13-9-20-15-4-2-3-14(19)17(13)15/h2-9,16,20,22H,10H2,1H3,(H,21,23). The molecule has 1 unspecified atom stereocenters. The number of hydrogen-bond donors (Lipinski definition) is 3. The summed E-state index contributed by atoms with van der Waals surface area (Å²) >= 11 is 0. The number of halogens is 1. The van der Waals surface area contributed by atoms with E-state index in [1.54, 1.807) is 12.1 Å². The largest absolute Gasteiger partial charge is 0.387 e. The number of aryl methyl sites for hydroxylation is 1. The maximum atomic E-state index is 13.9. The number of aliphatic hydroxyl groups is 1. The summed E-state index contributed by atoms with van der Waals surface area (Å²) in [6.07, 6.45) is 0.663. The van der Waals surface area contributed by atoms with Gasteiger partial charge in [-0.25, -0.2) is 4.39 Å². The number of amides is 1. The van der Waals surface area contributed by atoms with Crippen LogP contribution >= 0.6 is 0 Å². The minimum atomic E-state index is -0.811. The number of fused-ring (bicyclic) bond motifs is 1. The molecule has 3 N–H and O–H groups in total. The highest BCUT2D eigenvalue weighted by Gasteiger charge is 2.16. The molecule has 3 aromatic rings. The number of aromatic nitrogens is 1. The smallest absolute Gasteiger partial charge is 0.253 e. The van der Waals surface area contributed by atoms with Crippen LogP contribution in [-0.4, -0.2) is 22.5 Å². The molecular weight excluding hydrogens is 295 g/mol. The highest BCUT2D eigenvalue weighted by Crippen LogP contribution is 2.21. The SMILES string of the molecule is Cc1ccc(C(O)CNC(=O)c2c[nH]c3cccc(F)c23)cc1. The normalized spacial score (nSPS) is 12.3. The molecule has 0 spiro atoms. The van der Waals surface area contributed by atoms with Crippen molar-refractivity contribution in [3.63, 3.8) is 0 Å². The van der Waals surface area contributed by atoms with E-state index in [4.69, 9.17) is 0 Å². The third kappa shape index (κ3) is 3.10. The lowest BCUT2D eigenvalue weighted by atomic mass is 10.1. The van der Waals surface area contributed by atoms with Gasteiger partial charge in [-0.2, -0.15) is 0 Å². The first kappa shape index (κ1) is 15.2. The van der Waals surface area contributed by atoms with Crippen LogP contribution in [0.4, 0.5) is 4.39 Å². The molecular formula is C18H17FN2O2. The van der Waals surface area contributed by atoms with Gasteiger partial charge < -0.3 is 15.4 Å². The fraction of sp³-hybridized carbons (Fsp3) is 0.167. The van der Waals surface area contributed by atoms with E-state index < -0.39 is 17.8 Å². The van der Waals surface area contributed by atoms with Gasteiger partial charge in [-0.1, -0.05) is 35.9 Å². The van der Waals surface area contributed by atoms with Crippen molar-refractivity contribution in [1.82, 2.24) is 10.3 Å². The number of nitrogens with one attached hydrogen (secondary N) is 2. The average Bonchev–Trinajstić information content (AvgIpc) is 2.98. The third-order valence-corrected chi connectivity index (χ3v) is 3.82. The lowest BCUT2D eigenvalue weighted by Crippen LogP contribution is -2.28. The Bertz CT molecular complexity index is 840. The second kappa shape index (κ2) is 6.22. The van der Waals surface area contributed by atoms with Crippen molar-refractivity contribution >= 4 is 16.8 Å². The van der Waals surface area contributed by atoms with E-state index in [9.17, 15) is 14.3 Å². The minimum absolute atomic E-state index is 0.0586. The summed E-state index contributed by atoms with van der Waals surface area (Å²) in [6.45, 7) is 2.02. The molecule has 0 bridgehead atoms. The van der Waals surface area contributed by atoms with Gasteiger partial charge in [-0.3, -0.25) is 4.79 Å². The number of hydrogen-bond acceptors (Lipinski definition) is 2. The lowest BCUT2D eigenvalue weighted by molar-refractivity contribution is 0.0917. The summed E-state index contributed by atoms with van der Waals surface area (Å²) in [4.78, 5) is 15.1. The molecule has 0 aliphatic rings. The van der Waals surface area contributed by atoms with E-state index in [1.165, 1.54) is 12.3 Å². The molecule has 0 radical (unpaired) electrons. The maximum absolute atomic E-state index is 13.9. The molecule has 4 nitrogen and oxygen atoms in total. The molecule has 2 aromatic carbocycles. The van der Waals surface area contributed by atoms with E-state index >= 15 is 0 Å². The van der Waals surface area contributed by atoms with E-state index in [-0.39, 0.29) is 17.5 Å². The van der Waals surface area contributed by atoms with Crippen LogP contribution in [0.2, 0.25) is 0 Å². The molecule has 23 heavy (non-hydrogen) atoms. The minimum Gasteiger partial charge on any atom is -0.387 e. The molecule has 1 amide bonds. The van der Waals surface area contributed by atoms with Gasteiger partial charge in [0.15, 0.2) is 0 Å². The van der Waals surface area contributed by atoms with Crippen LogP contribution in [-0.2, 0) is 0 Å². The Labute approximate surface area is 133 Å². The van der Waals surface area contributed by atoms with Crippen LogP contribution in [0.25, 0.3) is 10.9 Å². The Hall–Kier alpha value is -2.66. The molecule has 0 saturated heterocycles. The number of aliphatic hydroxyl groups excluding tert-OH is 1. The van der Waals surface area contributed by atoms with Gasteiger partial charge in [0.2, 0.25) is 0 Å². The first-order chi connectivity index (χ1) is 11.1. The predicted octanol–water partition coefficient (Wildman–Crippen LogP) is 3.08. The van der Waals surface area contributed by atoms with Gasteiger partial charge in [0.1, 0.15) is 5.82 Å². The van der Waals surface area contributed by atoms with Gasteiger partial charge >= 0.3 is 0 Å². The Kier molecular flexibility index (Phi) is 4.12. The quantitative estimate of drug-likeness (QED) is 0.693. The van der Waals surface area contributed by atoms with Gasteiger partial charge in [0.25, 0.3) is 5.91 Å². The molecule has 0 fully saturated rings. The van der Waals surface area contributed by atoms with Crippen molar-refractivity contribution in [3.05, 3.63) is 71.2 Å². The lowest BCUT2D eigenvalue weighted by Gasteiger charge is -2.12. The van der Waals surface area contributed by atoms with Gasteiger partial charge in [-0.15, -0.1) is 0 Å². The summed E-state index contributed by atoms with van der Waals surface area (Å²) in [5.74, 6) is -0.875. The van der Waals surface area contributed by atoms with E-state index in [0.29, 0.717) is 5.52 Å². The molecule has 0 saturated carbocycles. The molecule has 1 aromatic heterocycles. The van der Waals surface area contributed by atoms with Crippen molar-refractivity contribution in [3.8, 4) is 0 Å². The Morgan fingerprint density at radius 2 is 2.00 bits per heavy atom. The zero-order valence-corrected chi connectivity index (χ0v) is 12.6. The molecule has 0 aliphatic heterocycles. The second-order valence-electron chi connectivity index (χ2n) is 5.50. The number of benzene rings is 2. The summed E-state index contributed by atoms with van der Waals surface area (Å²) in [7, 11) is 0. The second-order valence-corrected chi connectivity index (χ2v) is 5.50. The van der Waals surface area contributed by atoms with E-state index in [1.807, 2.05) is 31.2 Å². The Morgan fingerprint density at radius 1 is 1.26 bits per heavy atom. The molecule has 1 atom stereocenters. The zero-order chi connectivity index (χ0) is 16.4. The number of aromatic amines is 1.